The molecule has 0 aliphatic carbocycles. The summed E-state index contributed by atoms with van der Waals surface area (Å²) < 4.78 is 22.9. The van der Waals surface area contributed by atoms with Gasteiger partial charge in [-0.15, -0.1) is 0 Å². The van der Waals surface area contributed by atoms with Gasteiger partial charge in [-0.2, -0.15) is 0 Å². The molecule has 92 valence electrons. The highest BCUT2D eigenvalue weighted by Crippen LogP contribution is 2.22. The summed E-state index contributed by atoms with van der Waals surface area (Å²) >= 11 is 0. The van der Waals surface area contributed by atoms with Crippen molar-refractivity contribution in [1.82, 2.24) is 0 Å². The van der Waals surface area contributed by atoms with Gasteiger partial charge >= 0.3 is 5.97 Å². The minimum atomic E-state index is -3.61. The summed E-state index contributed by atoms with van der Waals surface area (Å²) in [7, 11) is -3.61. The van der Waals surface area contributed by atoms with E-state index < -0.39 is 21.7 Å². The maximum absolute atomic E-state index is 11.5. The SMILES string of the molecule is CC(=O)Nc1ccc(C(=O)O)cc1S(C)(=O)=O. The van der Waals surface area contributed by atoms with Gasteiger partial charge in [0.25, 0.3) is 0 Å². The van der Waals surface area contributed by atoms with Gasteiger partial charge in [-0.25, -0.2) is 13.2 Å². The summed E-state index contributed by atoms with van der Waals surface area (Å²) in [6, 6.07) is 3.49. The number of carboxylic acid groups (broad SMARTS) is 1. The first-order chi connectivity index (χ1) is 7.71. The van der Waals surface area contributed by atoms with Crippen molar-refractivity contribution in [3.05, 3.63) is 23.8 Å². The van der Waals surface area contributed by atoms with Crippen molar-refractivity contribution in [3.8, 4) is 0 Å². The van der Waals surface area contributed by atoms with Crippen LogP contribution in [-0.4, -0.2) is 31.7 Å². The number of benzene rings is 1. The van der Waals surface area contributed by atoms with E-state index in [1.165, 1.54) is 19.1 Å². The highest BCUT2D eigenvalue weighted by Gasteiger charge is 2.17. The van der Waals surface area contributed by atoms with Crippen LogP contribution in [0.5, 0.6) is 0 Å². The third-order valence-corrected chi connectivity index (χ3v) is 3.08. The van der Waals surface area contributed by atoms with Crippen molar-refractivity contribution < 1.29 is 23.1 Å². The molecule has 0 spiro atoms. The zero-order chi connectivity index (χ0) is 13.2. The molecule has 1 amide bonds. The van der Waals surface area contributed by atoms with Crippen LogP contribution in [0.25, 0.3) is 0 Å². The van der Waals surface area contributed by atoms with Crippen molar-refractivity contribution in [2.45, 2.75) is 11.8 Å². The molecule has 0 aliphatic heterocycles. The van der Waals surface area contributed by atoms with Crippen LogP contribution in [0.2, 0.25) is 0 Å². The molecule has 0 radical (unpaired) electrons. The van der Waals surface area contributed by atoms with Gasteiger partial charge in [-0.1, -0.05) is 0 Å². The number of nitrogens with one attached hydrogen (secondary N) is 1. The van der Waals surface area contributed by atoms with Crippen LogP contribution in [0.4, 0.5) is 5.69 Å². The number of sulfone groups is 1. The molecule has 17 heavy (non-hydrogen) atoms. The molecule has 0 saturated carbocycles. The quantitative estimate of drug-likeness (QED) is 0.832. The van der Waals surface area contributed by atoms with Gasteiger partial charge in [0.15, 0.2) is 9.84 Å². The highest BCUT2D eigenvalue weighted by atomic mass is 32.2. The predicted octanol–water partition coefficient (Wildman–Crippen LogP) is 0.747. The number of aromatic carboxylic acids is 1. The maximum Gasteiger partial charge on any atom is 0.335 e. The van der Waals surface area contributed by atoms with Crippen molar-refractivity contribution in [2.24, 2.45) is 0 Å². The molecule has 0 bridgehead atoms. The first-order valence-electron chi connectivity index (χ1n) is 4.57. The molecule has 7 heteroatoms. The van der Waals surface area contributed by atoms with Crippen LogP contribution in [0.3, 0.4) is 0 Å². The molecule has 2 N–H and O–H groups in total. The van der Waals surface area contributed by atoms with E-state index in [1.54, 1.807) is 0 Å². The van der Waals surface area contributed by atoms with Crippen LogP contribution in [0, 0.1) is 0 Å². The zero-order valence-corrected chi connectivity index (χ0v) is 10.0. The fraction of sp³-hybridized carbons (Fsp3) is 0.200. The lowest BCUT2D eigenvalue weighted by molar-refractivity contribution is -0.114. The average Bonchev–Trinajstić information content (AvgIpc) is 2.15. The Morgan fingerprint density at radius 2 is 1.88 bits per heavy atom. The molecule has 1 aromatic carbocycles. The van der Waals surface area contributed by atoms with E-state index in [1.807, 2.05) is 0 Å². The summed E-state index contributed by atoms with van der Waals surface area (Å²) in [4.78, 5) is 21.4. The largest absolute Gasteiger partial charge is 0.478 e. The standard InChI is InChI=1S/C10H11NO5S/c1-6(12)11-8-4-3-7(10(13)14)5-9(8)17(2,15)16/h3-5H,1-2H3,(H,11,12)(H,13,14). The fourth-order valence-corrected chi connectivity index (χ4v) is 2.11. The third-order valence-electron chi connectivity index (χ3n) is 1.94. The second-order valence-corrected chi connectivity index (χ2v) is 5.45. The summed E-state index contributed by atoms with van der Waals surface area (Å²) in [5.74, 6) is -1.66. The molecule has 0 aromatic heterocycles. The number of amides is 1. The van der Waals surface area contributed by atoms with E-state index in [4.69, 9.17) is 5.11 Å². The number of hydrogen-bond donors (Lipinski definition) is 2. The molecule has 0 fully saturated rings. The van der Waals surface area contributed by atoms with Crippen molar-refractivity contribution >= 4 is 27.4 Å². The second kappa shape index (κ2) is 4.54. The third kappa shape index (κ3) is 3.28. The number of anilines is 1. The lowest BCUT2D eigenvalue weighted by Gasteiger charge is -2.09. The Bertz CT molecular complexity index is 576. The summed E-state index contributed by atoms with van der Waals surface area (Å²) in [5, 5.41) is 11.1. The molecule has 1 rings (SSSR count). The van der Waals surface area contributed by atoms with Crippen LogP contribution in [0.1, 0.15) is 17.3 Å². The van der Waals surface area contributed by atoms with Crippen molar-refractivity contribution in [3.63, 3.8) is 0 Å². The first kappa shape index (κ1) is 13.2. The van der Waals surface area contributed by atoms with Gasteiger partial charge in [0.05, 0.1) is 16.1 Å². The molecular formula is C10H11NO5S. The Balaban J connectivity index is 3.42. The first-order valence-corrected chi connectivity index (χ1v) is 6.46. The Hall–Kier alpha value is -1.89. The summed E-state index contributed by atoms with van der Waals surface area (Å²) in [5.41, 5.74) is -0.0791. The summed E-state index contributed by atoms with van der Waals surface area (Å²) in [6.45, 7) is 1.23. The average molecular weight is 257 g/mol. The number of carbonyl (C=O) groups excluding carboxylic acids is 1. The van der Waals surface area contributed by atoms with Crippen LogP contribution in [0.15, 0.2) is 23.1 Å². The molecule has 1 aromatic rings. The van der Waals surface area contributed by atoms with Crippen molar-refractivity contribution in [2.75, 3.05) is 11.6 Å². The van der Waals surface area contributed by atoms with E-state index in [0.29, 0.717) is 0 Å². The molecule has 0 aliphatic rings. The topological polar surface area (TPSA) is 101 Å². The van der Waals surface area contributed by atoms with E-state index in [2.05, 4.69) is 5.32 Å². The zero-order valence-electron chi connectivity index (χ0n) is 9.22. The molecular weight excluding hydrogens is 246 g/mol. The number of hydrogen-bond acceptors (Lipinski definition) is 4. The lowest BCUT2D eigenvalue weighted by Crippen LogP contribution is -2.11. The molecule has 0 atom stereocenters. The maximum atomic E-state index is 11.5. The van der Waals surface area contributed by atoms with Gasteiger partial charge < -0.3 is 10.4 Å². The lowest BCUT2D eigenvalue weighted by atomic mass is 10.2. The molecule has 0 saturated heterocycles. The van der Waals surface area contributed by atoms with Gasteiger partial charge in [0.2, 0.25) is 5.91 Å². The van der Waals surface area contributed by atoms with Gasteiger partial charge in [-0.3, -0.25) is 4.79 Å². The number of rotatable bonds is 3. The Kier molecular flexibility index (Phi) is 3.52. The minimum Gasteiger partial charge on any atom is -0.478 e. The summed E-state index contributed by atoms with van der Waals surface area (Å²) in [6.07, 6.45) is 0.944. The highest BCUT2D eigenvalue weighted by molar-refractivity contribution is 7.90. The van der Waals surface area contributed by atoms with Gasteiger partial charge in [0.1, 0.15) is 0 Å². The molecule has 0 unspecified atom stereocenters. The Morgan fingerprint density at radius 1 is 1.29 bits per heavy atom. The van der Waals surface area contributed by atoms with E-state index in [9.17, 15) is 18.0 Å². The molecule has 0 heterocycles. The second-order valence-electron chi connectivity index (χ2n) is 3.47. The number of carboxylic acids is 1. The van der Waals surface area contributed by atoms with E-state index >= 15 is 0 Å². The fourth-order valence-electron chi connectivity index (χ4n) is 1.26. The monoisotopic (exact) mass is 257 g/mol. The minimum absolute atomic E-state index is 0.0741. The van der Waals surface area contributed by atoms with Crippen LogP contribution >= 0.6 is 0 Å². The van der Waals surface area contributed by atoms with E-state index in [-0.39, 0.29) is 16.1 Å². The smallest absolute Gasteiger partial charge is 0.335 e. The van der Waals surface area contributed by atoms with Crippen LogP contribution in [-0.2, 0) is 14.6 Å². The normalized spacial score (nSPS) is 10.9. The number of carbonyl (C=O) groups is 2. The molecule has 6 nitrogen and oxygen atoms in total. The van der Waals surface area contributed by atoms with Crippen molar-refractivity contribution in [1.29, 1.82) is 0 Å². The predicted molar refractivity (Wildman–Crippen MR) is 60.8 cm³/mol. The van der Waals surface area contributed by atoms with E-state index in [0.717, 1.165) is 12.3 Å². The Morgan fingerprint density at radius 3 is 2.29 bits per heavy atom. The van der Waals surface area contributed by atoms with Crippen LogP contribution < -0.4 is 5.32 Å². The van der Waals surface area contributed by atoms with Gasteiger partial charge in [0, 0.05) is 13.2 Å². The van der Waals surface area contributed by atoms with Gasteiger partial charge in [-0.05, 0) is 18.2 Å². The Labute approximate surface area is 98.2 Å².